The molecule has 0 bridgehead atoms. The Morgan fingerprint density at radius 2 is 1.92 bits per heavy atom. The molecular weight excluding hydrogens is 328 g/mol. The van der Waals surface area contributed by atoms with E-state index in [1.807, 2.05) is 24.3 Å². The summed E-state index contributed by atoms with van der Waals surface area (Å²) in [6.07, 6.45) is 4.17. The molecule has 0 atom stereocenters. The number of methoxy groups -OCH3 is 1. The number of nitrogens with one attached hydrogen (secondary N) is 2. The standard InChI is InChI=1S/C18H26N2O3.ClH/c1-22-13-18(8-10-19-11-9-18)17(21)20-15-4-6-16(7-5-15)23-12-14-2-3-14;/h4-7,14,19H,2-3,8-13H2,1H3,(H,20,21);1H. The molecule has 1 saturated heterocycles. The third-order valence-electron chi connectivity index (χ3n) is 4.76. The van der Waals surface area contributed by atoms with Crippen LogP contribution in [0.2, 0.25) is 0 Å². The van der Waals surface area contributed by atoms with Gasteiger partial charge in [-0.05, 0) is 69.0 Å². The Morgan fingerprint density at radius 3 is 2.50 bits per heavy atom. The second kappa shape index (κ2) is 8.70. The summed E-state index contributed by atoms with van der Waals surface area (Å²) in [6.45, 7) is 2.97. The van der Waals surface area contributed by atoms with E-state index in [0.29, 0.717) is 6.61 Å². The maximum absolute atomic E-state index is 12.7. The smallest absolute Gasteiger partial charge is 0.233 e. The summed E-state index contributed by atoms with van der Waals surface area (Å²) >= 11 is 0. The Kier molecular flexibility index (Phi) is 6.90. The molecule has 134 valence electrons. The van der Waals surface area contributed by atoms with Gasteiger partial charge in [0.1, 0.15) is 5.75 Å². The average molecular weight is 355 g/mol. The van der Waals surface area contributed by atoms with Gasteiger partial charge in [-0.25, -0.2) is 0 Å². The molecule has 1 aliphatic carbocycles. The third kappa shape index (κ3) is 4.85. The number of hydrogen-bond donors (Lipinski definition) is 2. The maximum atomic E-state index is 12.7. The number of carbonyl (C=O) groups excluding carboxylic acids is 1. The first-order valence-electron chi connectivity index (χ1n) is 8.46. The molecule has 1 heterocycles. The molecule has 1 aromatic rings. The number of hydrogen-bond acceptors (Lipinski definition) is 4. The van der Waals surface area contributed by atoms with E-state index < -0.39 is 5.41 Å². The fourth-order valence-corrected chi connectivity index (χ4v) is 3.02. The van der Waals surface area contributed by atoms with Crippen molar-refractivity contribution in [3.8, 4) is 5.75 Å². The summed E-state index contributed by atoms with van der Waals surface area (Å²) in [4.78, 5) is 12.7. The molecule has 6 heteroatoms. The topological polar surface area (TPSA) is 59.6 Å². The van der Waals surface area contributed by atoms with Crippen LogP contribution in [0.3, 0.4) is 0 Å². The van der Waals surface area contributed by atoms with Crippen molar-refractivity contribution < 1.29 is 14.3 Å². The first-order valence-corrected chi connectivity index (χ1v) is 8.46. The number of halogens is 1. The van der Waals surface area contributed by atoms with Crippen LogP contribution in [0.4, 0.5) is 5.69 Å². The van der Waals surface area contributed by atoms with Crippen molar-refractivity contribution in [2.45, 2.75) is 25.7 Å². The summed E-state index contributed by atoms with van der Waals surface area (Å²) in [7, 11) is 1.66. The highest BCUT2D eigenvalue weighted by Gasteiger charge is 2.39. The predicted octanol–water partition coefficient (Wildman–Crippen LogP) is 2.85. The molecule has 2 aliphatic rings. The Morgan fingerprint density at radius 1 is 1.25 bits per heavy atom. The zero-order chi connectivity index (χ0) is 16.1. The van der Waals surface area contributed by atoms with Crippen molar-refractivity contribution >= 4 is 24.0 Å². The van der Waals surface area contributed by atoms with Crippen molar-refractivity contribution in [2.75, 3.05) is 38.7 Å². The van der Waals surface area contributed by atoms with Gasteiger partial charge in [0.2, 0.25) is 5.91 Å². The molecule has 0 unspecified atom stereocenters. The third-order valence-corrected chi connectivity index (χ3v) is 4.76. The van der Waals surface area contributed by atoms with Gasteiger partial charge >= 0.3 is 0 Å². The van der Waals surface area contributed by atoms with Crippen LogP contribution in [-0.2, 0) is 9.53 Å². The fourth-order valence-electron chi connectivity index (χ4n) is 3.02. The van der Waals surface area contributed by atoms with Crippen LogP contribution in [0.5, 0.6) is 5.75 Å². The number of benzene rings is 1. The van der Waals surface area contributed by atoms with E-state index in [4.69, 9.17) is 9.47 Å². The van der Waals surface area contributed by atoms with Gasteiger partial charge in [-0.15, -0.1) is 12.4 Å². The highest BCUT2D eigenvalue weighted by molar-refractivity contribution is 5.95. The Balaban J connectivity index is 0.00000208. The maximum Gasteiger partial charge on any atom is 0.233 e. The van der Waals surface area contributed by atoms with Crippen molar-refractivity contribution in [1.82, 2.24) is 5.32 Å². The molecule has 2 fully saturated rings. The zero-order valence-corrected chi connectivity index (χ0v) is 15.0. The predicted molar refractivity (Wildman–Crippen MR) is 97.0 cm³/mol. The van der Waals surface area contributed by atoms with Crippen LogP contribution in [0.25, 0.3) is 0 Å². The van der Waals surface area contributed by atoms with E-state index in [9.17, 15) is 4.79 Å². The van der Waals surface area contributed by atoms with Crippen LogP contribution < -0.4 is 15.4 Å². The van der Waals surface area contributed by atoms with Crippen LogP contribution in [0.1, 0.15) is 25.7 Å². The lowest BCUT2D eigenvalue weighted by atomic mass is 9.78. The second-order valence-electron chi connectivity index (χ2n) is 6.70. The van der Waals surface area contributed by atoms with Gasteiger partial charge in [-0.3, -0.25) is 4.79 Å². The summed E-state index contributed by atoms with van der Waals surface area (Å²) < 4.78 is 11.0. The summed E-state index contributed by atoms with van der Waals surface area (Å²) in [5.74, 6) is 1.65. The second-order valence-corrected chi connectivity index (χ2v) is 6.70. The minimum absolute atomic E-state index is 0. The summed E-state index contributed by atoms with van der Waals surface area (Å²) in [6, 6.07) is 7.65. The van der Waals surface area contributed by atoms with Crippen molar-refractivity contribution in [3.05, 3.63) is 24.3 Å². The number of carbonyl (C=O) groups is 1. The van der Waals surface area contributed by atoms with E-state index in [2.05, 4.69) is 10.6 Å². The quantitative estimate of drug-likeness (QED) is 0.790. The Bertz CT molecular complexity index is 520. The normalized spacial score (nSPS) is 19.2. The van der Waals surface area contributed by atoms with Crippen LogP contribution in [0.15, 0.2) is 24.3 Å². The molecule has 2 N–H and O–H groups in total. The largest absolute Gasteiger partial charge is 0.493 e. The first kappa shape index (κ1) is 19.0. The molecule has 5 nitrogen and oxygen atoms in total. The van der Waals surface area contributed by atoms with Gasteiger partial charge in [0, 0.05) is 12.8 Å². The first-order chi connectivity index (χ1) is 11.2. The van der Waals surface area contributed by atoms with E-state index >= 15 is 0 Å². The monoisotopic (exact) mass is 354 g/mol. The number of rotatable bonds is 7. The van der Waals surface area contributed by atoms with Crippen LogP contribution in [0, 0.1) is 11.3 Å². The van der Waals surface area contributed by atoms with E-state index in [1.54, 1.807) is 7.11 Å². The summed E-state index contributed by atoms with van der Waals surface area (Å²) in [5, 5.41) is 6.34. The van der Waals surface area contributed by atoms with Crippen LogP contribution in [-0.4, -0.2) is 39.3 Å². The molecule has 1 aliphatic heterocycles. The molecule has 1 amide bonds. The lowest BCUT2D eigenvalue weighted by molar-refractivity contribution is -0.130. The van der Waals surface area contributed by atoms with Crippen LogP contribution >= 0.6 is 12.4 Å². The number of anilines is 1. The minimum Gasteiger partial charge on any atom is -0.493 e. The van der Waals surface area contributed by atoms with Gasteiger partial charge in [-0.1, -0.05) is 0 Å². The van der Waals surface area contributed by atoms with Gasteiger partial charge in [0.05, 0.1) is 18.6 Å². The van der Waals surface area contributed by atoms with E-state index in [0.717, 1.165) is 49.9 Å². The molecule has 1 saturated carbocycles. The number of amides is 1. The van der Waals surface area contributed by atoms with E-state index in [1.165, 1.54) is 12.8 Å². The lowest BCUT2D eigenvalue weighted by Crippen LogP contribution is -2.47. The SMILES string of the molecule is COCC1(C(=O)Nc2ccc(OCC3CC3)cc2)CCNCC1.Cl. The van der Waals surface area contributed by atoms with Gasteiger partial charge in [0.25, 0.3) is 0 Å². The highest BCUT2D eigenvalue weighted by atomic mass is 35.5. The zero-order valence-electron chi connectivity index (χ0n) is 14.2. The number of piperidine rings is 1. The Labute approximate surface area is 149 Å². The lowest BCUT2D eigenvalue weighted by Gasteiger charge is -2.35. The highest BCUT2D eigenvalue weighted by Crippen LogP contribution is 2.32. The fraction of sp³-hybridized carbons (Fsp3) is 0.611. The van der Waals surface area contributed by atoms with E-state index in [-0.39, 0.29) is 18.3 Å². The van der Waals surface area contributed by atoms with Crippen molar-refractivity contribution in [1.29, 1.82) is 0 Å². The summed E-state index contributed by atoms with van der Waals surface area (Å²) in [5.41, 5.74) is 0.379. The Hall–Kier alpha value is -1.30. The molecular formula is C18H27ClN2O3. The average Bonchev–Trinajstić information content (AvgIpc) is 3.40. The molecule has 1 aromatic carbocycles. The van der Waals surface area contributed by atoms with Gasteiger partial charge in [-0.2, -0.15) is 0 Å². The van der Waals surface area contributed by atoms with Gasteiger partial charge in [0.15, 0.2) is 0 Å². The molecule has 0 spiro atoms. The van der Waals surface area contributed by atoms with Gasteiger partial charge < -0.3 is 20.1 Å². The van der Waals surface area contributed by atoms with Crippen molar-refractivity contribution in [3.63, 3.8) is 0 Å². The minimum atomic E-state index is -0.429. The van der Waals surface area contributed by atoms with Crippen molar-refractivity contribution in [2.24, 2.45) is 11.3 Å². The molecule has 0 radical (unpaired) electrons. The number of ether oxygens (including phenoxy) is 2. The molecule has 3 rings (SSSR count). The molecule has 0 aromatic heterocycles. The molecule has 24 heavy (non-hydrogen) atoms.